The molecule has 0 amide bonds. The Morgan fingerprint density at radius 3 is 2.84 bits per heavy atom. The van der Waals surface area contributed by atoms with Crippen LogP contribution in [0.25, 0.3) is 0 Å². The number of non-ortho nitro benzene ring substituents is 1. The van der Waals surface area contributed by atoms with Crippen molar-refractivity contribution in [1.82, 2.24) is 4.98 Å². The standard InChI is InChI=1S/C12H8ClFN2O3/c13-11-2-1-10(16(17)18)4-12(11)19-7-8-3-9(14)6-15-5-8/h1-6H,7H2. The van der Waals surface area contributed by atoms with Gasteiger partial charge in [0.15, 0.2) is 0 Å². The second kappa shape index (κ2) is 5.62. The second-order valence-electron chi connectivity index (χ2n) is 3.67. The van der Waals surface area contributed by atoms with Crippen molar-refractivity contribution in [2.45, 2.75) is 6.61 Å². The third-order valence-electron chi connectivity index (χ3n) is 2.28. The van der Waals surface area contributed by atoms with Crippen molar-refractivity contribution in [1.29, 1.82) is 0 Å². The predicted octanol–water partition coefficient (Wildman–Crippen LogP) is 3.36. The fourth-order valence-electron chi connectivity index (χ4n) is 1.41. The summed E-state index contributed by atoms with van der Waals surface area (Å²) >= 11 is 5.86. The van der Waals surface area contributed by atoms with Crippen LogP contribution in [0.4, 0.5) is 10.1 Å². The number of hydrogen-bond acceptors (Lipinski definition) is 4. The van der Waals surface area contributed by atoms with E-state index >= 15 is 0 Å². The summed E-state index contributed by atoms with van der Waals surface area (Å²) in [4.78, 5) is 13.8. The van der Waals surface area contributed by atoms with E-state index in [9.17, 15) is 14.5 Å². The van der Waals surface area contributed by atoms with E-state index in [1.54, 1.807) is 0 Å². The molecule has 0 aliphatic rings. The Bertz CT molecular complexity index is 622. The molecule has 0 radical (unpaired) electrons. The van der Waals surface area contributed by atoms with Gasteiger partial charge in [-0.1, -0.05) is 11.6 Å². The maximum atomic E-state index is 12.9. The summed E-state index contributed by atoms with van der Waals surface area (Å²) in [7, 11) is 0. The normalized spacial score (nSPS) is 10.2. The van der Waals surface area contributed by atoms with Crippen molar-refractivity contribution < 1.29 is 14.1 Å². The van der Waals surface area contributed by atoms with E-state index in [-0.39, 0.29) is 23.1 Å². The van der Waals surface area contributed by atoms with Crippen LogP contribution in [0, 0.1) is 15.9 Å². The Balaban J connectivity index is 2.15. The summed E-state index contributed by atoms with van der Waals surface area (Å²) in [6.45, 7) is 0.0195. The molecule has 1 heterocycles. The highest BCUT2D eigenvalue weighted by Gasteiger charge is 2.11. The Morgan fingerprint density at radius 1 is 1.37 bits per heavy atom. The highest BCUT2D eigenvalue weighted by atomic mass is 35.5. The Morgan fingerprint density at radius 2 is 2.16 bits per heavy atom. The molecule has 0 atom stereocenters. The molecule has 0 bridgehead atoms. The molecule has 0 saturated heterocycles. The number of nitro groups is 1. The molecular formula is C12H8ClFN2O3. The highest BCUT2D eigenvalue weighted by molar-refractivity contribution is 6.32. The molecule has 0 N–H and O–H groups in total. The fourth-order valence-corrected chi connectivity index (χ4v) is 1.58. The molecule has 2 aromatic rings. The van der Waals surface area contributed by atoms with Crippen LogP contribution >= 0.6 is 11.6 Å². The van der Waals surface area contributed by atoms with Crippen molar-refractivity contribution in [2.75, 3.05) is 0 Å². The number of nitrogens with zero attached hydrogens (tertiary/aromatic N) is 2. The van der Waals surface area contributed by atoms with E-state index in [0.29, 0.717) is 5.56 Å². The zero-order valence-corrected chi connectivity index (χ0v) is 10.3. The first kappa shape index (κ1) is 13.2. The first-order valence-electron chi connectivity index (χ1n) is 5.22. The van der Waals surface area contributed by atoms with Crippen LogP contribution in [0.1, 0.15) is 5.56 Å². The number of halogens is 2. The number of benzene rings is 1. The van der Waals surface area contributed by atoms with E-state index in [0.717, 1.165) is 6.20 Å². The van der Waals surface area contributed by atoms with Crippen LogP contribution in [-0.4, -0.2) is 9.91 Å². The minimum absolute atomic E-state index is 0.0195. The van der Waals surface area contributed by atoms with Gasteiger partial charge in [0.2, 0.25) is 0 Å². The molecule has 2 rings (SSSR count). The second-order valence-corrected chi connectivity index (χ2v) is 4.08. The number of hydrogen-bond donors (Lipinski definition) is 0. The number of aromatic nitrogens is 1. The van der Waals surface area contributed by atoms with E-state index in [4.69, 9.17) is 16.3 Å². The Hall–Kier alpha value is -2.21. The maximum absolute atomic E-state index is 12.9. The van der Waals surface area contributed by atoms with E-state index in [2.05, 4.69) is 4.98 Å². The molecule has 1 aromatic carbocycles. The smallest absolute Gasteiger partial charge is 0.273 e. The molecule has 0 aliphatic heterocycles. The molecule has 0 saturated carbocycles. The highest BCUT2D eigenvalue weighted by Crippen LogP contribution is 2.29. The summed E-state index contributed by atoms with van der Waals surface area (Å²) < 4.78 is 18.2. The SMILES string of the molecule is O=[N+]([O-])c1ccc(Cl)c(OCc2cncc(F)c2)c1. The topological polar surface area (TPSA) is 65.3 Å². The van der Waals surface area contributed by atoms with Crippen LogP contribution in [0.2, 0.25) is 5.02 Å². The van der Waals surface area contributed by atoms with Crippen molar-refractivity contribution in [2.24, 2.45) is 0 Å². The lowest BCUT2D eigenvalue weighted by Gasteiger charge is -2.07. The van der Waals surface area contributed by atoms with E-state index < -0.39 is 10.7 Å². The fraction of sp³-hybridized carbons (Fsp3) is 0.0833. The first-order valence-corrected chi connectivity index (χ1v) is 5.60. The number of pyridine rings is 1. The molecule has 7 heteroatoms. The van der Waals surface area contributed by atoms with Crippen molar-refractivity contribution in [3.05, 3.63) is 63.2 Å². The van der Waals surface area contributed by atoms with Crippen molar-refractivity contribution in [3.63, 3.8) is 0 Å². The summed E-state index contributed by atoms with van der Waals surface area (Å²) in [5, 5.41) is 10.9. The van der Waals surface area contributed by atoms with Crippen LogP contribution in [0.5, 0.6) is 5.75 Å². The Kier molecular flexibility index (Phi) is 3.91. The van der Waals surface area contributed by atoms with Gasteiger partial charge in [0.05, 0.1) is 22.2 Å². The summed E-state index contributed by atoms with van der Waals surface area (Å²) in [6, 6.07) is 5.13. The zero-order chi connectivity index (χ0) is 13.8. The molecule has 1 aromatic heterocycles. The molecule has 98 valence electrons. The lowest BCUT2D eigenvalue weighted by atomic mass is 10.3. The van der Waals surface area contributed by atoms with Gasteiger partial charge < -0.3 is 4.74 Å². The van der Waals surface area contributed by atoms with Crippen molar-refractivity contribution in [3.8, 4) is 5.75 Å². The lowest BCUT2D eigenvalue weighted by molar-refractivity contribution is -0.384. The largest absolute Gasteiger partial charge is 0.487 e. The van der Waals surface area contributed by atoms with Crippen LogP contribution in [0.3, 0.4) is 0 Å². The predicted molar refractivity (Wildman–Crippen MR) is 66.6 cm³/mol. The Labute approximate surface area is 112 Å². The van der Waals surface area contributed by atoms with Gasteiger partial charge in [0.25, 0.3) is 5.69 Å². The summed E-state index contributed by atoms with van der Waals surface area (Å²) in [6.07, 6.45) is 2.51. The molecule has 0 fully saturated rings. The van der Waals surface area contributed by atoms with Crippen molar-refractivity contribution >= 4 is 17.3 Å². The third kappa shape index (κ3) is 3.38. The van der Waals surface area contributed by atoms with Gasteiger partial charge in [-0.2, -0.15) is 0 Å². The number of ether oxygens (including phenoxy) is 1. The minimum Gasteiger partial charge on any atom is -0.487 e. The molecular weight excluding hydrogens is 275 g/mol. The van der Waals surface area contributed by atoms with E-state index in [1.165, 1.54) is 30.5 Å². The number of rotatable bonds is 4. The summed E-state index contributed by atoms with van der Waals surface area (Å²) in [5.74, 6) is -0.314. The first-order chi connectivity index (χ1) is 9.06. The molecule has 19 heavy (non-hydrogen) atoms. The van der Waals surface area contributed by atoms with Gasteiger partial charge in [-0.25, -0.2) is 4.39 Å². The monoisotopic (exact) mass is 282 g/mol. The van der Waals surface area contributed by atoms with Gasteiger partial charge in [-0.05, 0) is 12.1 Å². The average Bonchev–Trinajstić information content (AvgIpc) is 2.37. The third-order valence-corrected chi connectivity index (χ3v) is 2.59. The van der Waals surface area contributed by atoms with Gasteiger partial charge in [0.1, 0.15) is 18.2 Å². The average molecular weight is 283 g/mol. The lowest BCUT2D eigenvalue weighted by Crippen LogP contribution is -1.98. The zero-order valence-electron chi connectivity index (χ0n) is 9.55. The number of nitro benzene ring substituents is 1. The minimum atomic E-state index is -0.549. The van der Waals surface area contributed by atoms with E-state index in [1.807, 2.05) is 0 Å². The maximum Gasteiger partial charge on any atom is 0.273 e. The van der Waals surface area contributed by atoms with Gasteiger partial charge in [0, 0.05) is 17.8 Å². The van der Waals surface area contributed by atoms with Gasteiger partial charge >= 0.3 is 0 Å². The molecule has 0 aliphatic carbocycles. The van der Waals surface area contributed by atoms with Gasteiger partial charge in [-0.15, -0.1) is 0 Å². The van der Waals surface area contributed by atoms with Crippen LogP contribution in [-0.2, 0) is 6.61 Å². The molecule has 0 unspecified atom stereocenters. The molecule has 5 nitrogen and oxygen atoms in total. The van der Waals surface area contributed by atoms with Crippen LogP contribution in [0.15, 0.2) is 36.7 Å². The molecule has 0 spiro atoms. The summed E-state index contributed by atoms with van der Waals surface area (Å²) in [5.41, 5.74) is 0.374. The van der Waals surface area contributed by atoms with Crippen LogP contribution < -0.4 is 4.74 Å². The quantitative estimate of drug-likeness (QED) is 0.637. The van der Waals surface area contributed by atoms with Gasteiger partial charge in [-0.3, -0.25) is 15.1 Å².